The highest BCUT2D eigenvalue weighted by Gasteiger charge is 2.22. The molecule has 0 spiro atoms. The molecule has 2 aromatic rings. The number of rotatable bonds is 5. The summed E-state index contributed by atoms with van der Waals surface area (Å²) >= 11 is 0. The van der Waals surface area contributed by atoms with E-state index >= 15 is 0 Å². The Morgan fingerprint density at radius 1 is 1.29 bits per heavy atom. The maximum atomic E-state index is 12.3. The largest absolute Gasteiger partial charge is 0.481 e. The van der Waals surface area contributed by atoms with Crippen molar-refractivity contribution in [1.82, 2.24) is 24.6 Å². The number of hydrogen-bond acceptors (Lipinski definition) is 6. The van der Waals surface area contributed by atoms with Gasteiger partial charge in [-0.3, -0.25) is 0 Å². The summed E-state index contributed by atoms with van der Waals surface area (Å²) in [6.07, 6.45) is 2.70. The monoisotopic (exact) mass is 333 g/mol. The number of nitrogens with zero attached hydrogens (tertiary/aromatic N) is 5. The van der Waals surface area contributed by atoms with Crippen LogP contribution in [0.2, 0.25) is 0 Å². The van der Waals surface area contributed by atoms with E-state index in [1.807, 2.05) is 33.8 Å². The van der Waals surface area contributed by atoms with Gasteiger partial charge in [0.2, 0.25) is 5.88 Å². The van der Waals surface area contributed by atoms with Crippen LogP contribution >= 0.6 is 0 Å². The number of methoxy groups -OCH3 is 1. The maximum absolute atomic E-state index is 12.3. The maximum Gasteiger partial charge on any atom is 0.410 e. The molecule has 0 aliphatic carbocycles. The van der Waals surface area contributed by atoms with Crippen LogP contribution in [0.15, 0.2) is 24.7 Å². The third-order valence-corrected chi connectivity index (χ3v) is 3.16. The van der Waals surface area contributed by atoms with E-state index in [0.29, 0.717) is 18.2 Å². The Labute approximate surface area is 141 Å². The number of pyridine rings is 1. The smallest absolute Gasteiger partial charge is 0.410 e. The minimum Gasteiger partial charge on any atom is -0.481 e. The second-order valence-corrected chi connectivity index (χ2v) is 6.14. The Kier molecular flexibility index (Phi) is 5.38. The van der Waals surface area contributed by atoms with Gasteiger partial charge in [-0.15, -0.1) is 0 Å². The van der Waals surface area contributed by atoms with Crippen LogP contribution in [-0.2, 0) is 11.3 Å². The molecule has 8 nitrogen and oxygen atoms in total. The van der Waals surface area contributed by atoms with Gasteiger partial charge in [0.05, 0.1) is 25.5 Å². The van der Waals surface area contributed by atoms with Crippen LogP contribution in [0, 0.1) is 0 Å². The number of hydrogen-bond donors (Lipinski definition) is 0. The molecule has 2 aromatic heterocycles. The first-order chi connectivity index (χ1) is 11.3. The molecule has 0 bridgehead atoms. The lowest BCUT2D eigenvalue weighted by Gasteiger charge is -2.26. The Morgan fingerprint density at radius 3 is 2.58 bits per heavy atom. The highest BCUT2D eigenvalue weighted by atomic mass is 16.6. The zero-order chi connectivity index (χ0) is 17.7. The van der Waals surface area contributed by atoms with Crippen molar-refractivity contribution >= 4 is 6.09 Å². The first kappa shape index (κ1) is 17.7. The van der Waals surface area contributed by atoms with E-state index in [0.717, 1.165) is 5.69 Å². The molecule has 0 radical (unpaired) electrons. The van der Waals surface area contributed by atoms with E-state index < -0.39 is 5.60 Å². The molecule has 0 N–H and O–H groups in total. The molecule has 2 heterocycles. The van der Waals surface area contributed by atoms with Crippen LogP contribution in [-0.4, -0.2) is 50.0 Å². The summed E-state index contributed by atoms with van der Waals surface area (Å²) in [4.78, 5) is 22.2. The van der Waals surface area contributed by atoms with Gasteiger partial charge in [0.1, 0.15) is 11.9 Å². The lowest BCUT2D eigenvalue weighted by Crippen LogP contribution is -2.37. The summed E-state index contributed by atoms with van der Waals surface area (Å²) in [6.45, 7) is 8.19. The van der Waals surface area contributed by atoms with Crippen LogP contribution in [0.3, 0.4) is 0 Å². The molecule has 0 saturated carbocycles. The Balaban J connectivity index is 2.17. The lowest BCUT2D eigenvalue weighted by molar-refractivity contribution is 0.0238. The first-order valence-corrected chi connectivity index (χ1v) is 7.71. The number of carbonyl (C=O) groups is 1. The minimum atomic E-state index is -0.544. The summed E-state index contributed by atoms with van der Waals surface area (Å²) < 4.78 is 12.1. The normalized spacial score (nSPS) is 11.2. The van der Waals surface area contributed by atoms with Crippen LogP contribution in [0.4, 0.5) is 4.79 Å². The molecule has 0 aromatic carbocycles. The lowest BCUT2D eigenvalue weighted by atomic mass is 10.2. The van der Waals surface area contributed by atoms with E-state index in [1.54, 1.807) is 29.0 Å². The summed E-state index contributed by atoms with van der Waals surface area (Å²) in [6, 6.07) is 3.57. The first-order valence-electron chi connectivity index (χ1n) is 7.71. The van der Waals surface area contributed by atoms with Gasteiger partial charge >= 0.3 is 6.09 Å². The van der Waals surface area contributed by atoms with Crippen molar-refractivity contribution in [2.75, 3.05) is 13.7 Å². The third-order valence-electron chi connectivity index (χ3n) is 3.16. The highest BCUT2D eigenvalue weighted by molar-refractivity contribution is 5.68. The van der Waals surface area contributed by atoms with Gasteiger partial charge in [-0.2, -0.15) is 5.10 Å². The number of ether oxygens (including phenoxy) is 2. The summed E-state index contributed by atoms with van der Waals surface area (Å²) in [5.41, 5.74) is 0.196. The predicted octanol–water partition coefficient (Wildman–Crippen LogP) is 2.43. The van der Waals surface area contributed by atoms with E-state index in [4.69, 9.17) is 9.47 Å². The van der Waals surface area contributed by atoms with Crippen molar-refractivity contribution in [2.45, 2.75) is 39.8 Å². The van der Waals surface area contributed by atoms with Gasteiger partial charge < -0.3 is 14.4 Å². The topological polar surface area (TPSA) is 82.4 Å². The molecule has 0 unspecified atom stereocenters. The fourth-order valence-corrected chi connectivity index (χ4v) is 2.01. The number of carbonyl (C=O) groups excluding carboxylic acids is 1. The molecule has 0 saturated heterocycles. The fraction of sp³-hybridized carbons (Fsp3) is 0.500. The average molecular weight is 333 g/mol. The zero-order valence-electron chi connectivity index (χ0n) is 14.7. The molecule has 2 rings (SSSR count). The second-order valence-electron chi connectivity index (χ2n) is 6.14. The Bertz CT molecular complexity index is 676. The minimum absolute atomic E-state index is 0.289. The van der Waals surface area contributed by atoms with Crippen molar-refractivity contribution in [3.63, 3.8) is 0 Å². The van der Waals surface area contributed by atoms with Crippen LogP contribution < -0.4 is 4.74 Å². The van der Waals surface area contributed by atoms with E-state index in [2.05, 4.69) is 15.1 Å². The van der Waals surface area contributed by atoms with E-state index in [9.17, 15) is 4.79 Å². The van der Waals surface area contributed by atoms with Crippen molar-refractivity contribution in [3.8, 4) is 11.6 Å². The molecule has 1 amide bonds. The Hall–Kier alpha value is -2.64. The summed E-state index contributed by atoms with van der Waals surface area (Å²) in [5.74, 6) is 1.14. The van der Waals surface area contributed by atoms with Gasteiger partial charge in [0, 0.05) is 12.6 Å². The van der Waals surface area contributed by atoms with Crippen molar-refractivity contribution in [1.29, 1.82) is 0 Å². The van der Waals surface area contributed by atoms with Crippen molar-refractivity contribution in [2.24, 2.45) is 0 Å². The van der Waals surface area contributed by atoms with Gasteiger partial charge in [0.15, 0.2) is 5.82 Å². The van der Waals surface area contributed by atoms with Crippen LogP contribution in [0.1, 0.15) is 33.5 Å². The number of aromatic nitrogens is 4. The van der Waals surface area contributed by atoms with Crippen molar-refractivity contribution < 1.29 is 14.3 Å². The molecule has 0 fully saturated rings. The zero-order valence-corrected chi connectivity index (χ0v) is 14.7. The third kappa shape index (κ3) is 4.43. The molecular weight excluding hydrogens is 310 g/mol. The van der Waals surface area contributed by atoms with E-state index in [1.165, 1.54) is 6.33 Å². The Morgan fingerprint density at radius 2 is 2.04 bits per heavy atom. The molecular formula is C16H23N5O3. The summed E-state index contributed by atoms with van der Waals surface area (Å²) in [7, 11) is 1.56. The average Bonchev–Trinajstić information content (AvgIpc) is 2.99. The number of amides is 1. The predicted molar refractivity (Wildman–Crippen MR) is 88.0 cm³/mol. The van der Waals surface area contributed by atoms with Crippen molar-refractivity contribution in [3.05, 3.63) is 30.5 Å². The van der Waals surface area contributed by atoms with Crippen LogP contribution in [0.5, 0.6) is 5.88 Å². The van der Waals surface area contributed by atoms with Gasteiger partial charge in [-0.25, -0.2) is 19.4 Å². The highest BCUT2D eigenvalue weighted by Crippen LogP contribution is 2.15. The molecule has 130 valence electrons. The molecule has 24 heavy (non-hydrogen) atoms. The standard InChI is InChI=1S/C16H23N5O3/c1-6-20(15(22)24-16(2,3)4)10-13-18-11-19-21(13)12-7-8-14(23-5)17-9-12/h7-9,11H,6,10H2,1-5H3. The molecule has 0 aliphatic heterocycles. The quantitative estimate of drug-likeness (QED) is 0.836. The molecule has 8 heteroatoms. The second kappa shape index (κ2) is 7.29. The van der Waals surface area contributed by atoms with Gasteiger partial charge in [-0.05, 0) is 33.8 Å². The van der Waals surface area contributed by atoms with E-state index in [-0.39, 0.29) is 12.6 Å². The molecule has 0 atom stereocenters. The summed E-state index contributed by atoms with van der Waals surface area (Å²) in [5, 5.41) is 4.21. The molecule has 0 aliphatic rings. The van der Waals surface area contributed by atoms with Crippen LogP contribution in [0.25, 0.3) is 5.69 Å². The fourth-order valence-electron chi connectivity index (χ4n) is 2.01. The SMILES string of the molecule is CCN(Cc1ncnn1-c1ccc(OC)nc1)C(=O)OC(C)(C)C. The van der Waals surface area contributed by atoms with Gasteiger partial charge in [-0.1, -0.05) is 0 Å². The van der Waals surface area contributed by atoms with Gasteiger partial charge in [0.25, 0.3) is 0 Å².